The number of methoxy groups -OCH3 is 1. The molecule has 0 aliphatic carbocycles. The summed E-state index contributed by atoms with van der Waals surface area (Å²) in [5.74, 6) is -0.575. The molecule has 1 aromatic heterocycles. The Bertz CT molecular complexity index is 1360. The normalized spacial score (nSPS) is 21.4. The van der Waals surface area contributed by atoms with E-state index in [4.69, 9.17) is 4.74 Å². The summed E-state index contributed by atoms with van der Waals surface area (Å²) in [6.45, 7) is 5.84. The summed E-state index contributed by atoms with van der Waals surface area (Å²) in [6, 6.07) is 8.69. The van der Waals surface area contributed by atoms with Crippen LogP contribution in [0.1, 0.15) is 43.1 Å². The van der Waals surface area contributed by atoms with Crippen LogP contribution in [0.3, 0.4) is 0 Å². The van der Waals surface area contributed by atoms with Gasteiger partial charge in [-0.1, -0.05) is 19.1 Å². The fourth-order valence-electron chi connectivity index (χ4n) is 5.57. The van der Waals surface area contributed by atoms with E-state index in [2.05, 4.69) is 16.8 Å². The first-order valence-corrected chi connectivity index (χ1v) is 12.2. The van der Waals surface area contributed by atoms with E-state index in [1.807, 2.05) is 13.1 Å². The van der Waals surface area contributed by atoms with E-state index in [0.717, 1.165) is 24.0 Å². The second-order valence-electron chi connectivity index (χ2n) is 9.86. The van der Waals surface area contributed by atoms with Crippen LogP contribution in [0.4, 0.5) is 9.18 Å². The van der Waals surface area contributed by atoms with Crippen molar-refractivity contribution in [2.45, 2.75) is 38.3 Å². The number of phenols is 1. The van der Waals surface area contributed by atoms with Gasteiger partial charge in [0.15, 0.2) is 11.6 Å². The monoisotopic (exact) mass is 494 g/mol. The quantitative estimate of drug-likeness (QED) is 0.484. The van der Waals surface area contributed by atoms with Crippen LogP contribution in [0.5, 0.6) is 11.5 Å². The molecular weight excluding hydrogens is 463 g/mol. The predicted octanol–water partition coefficient (Wildman–Crippen LogP) is 4.03. The molecule has 2 N–H and O–H groups in total. The number of amides is 3. The highest BCUT2D eigenvalue weighted by Crippen LogP contribution is 2.49. The Hall–Kier alpha value is -3.59. The Morgan fingerprint density at radius 1 is 1.28 bits per heavy atom. The smallest absolute Gasteiger partial charge is 0.328 e. The summed E-state index contributed by atoms with van der Waals surface area (Å²) in [4.78, 5) is 36.1. The van der Waals surface area contributed by atoms with Crippen molar-refractivity contribution in [2.75, 3.05) is 33.8 Å². The second kappa shape index (κ2) is 8.81. The van der Waals surface area contributed by atoms with Crippen molar-refractivity contribution in [3.63, 3.8) is 0 Å². The second-order valence-corrected chi connectivity index (χ2v) is 9.86. The molecule has 5 rings (SSSR count). The molecule has 9 heteroatoms. The van der Waals surface area contributed by atoms with E-state index in [9.17, 15) is 19.1 Å². The van der Waals surface area contributed by atoms with Gasteiger partial charge in [-0.3, -0.25) is 14.6 Å². The molecule has 2 aliphatic heterocycles. The number of imide groups is 1. The highest BCUT2D eigenvalue weighted by molar-refractivity contribution is 6.08. The van der Waals surface area contributed by atoms with Gasteiger partial charge in [-0.15, -0.1) is 0 Å². The van der Waals surface area contributed by atoms with E-state index in [1.165, 1.54) is 18.1 Å². The number of nitrogens with one attached hydrogen (secondary N) is 1. The van der Waals surface area contributed by atoms with Gasteiger partial charge in [0.25, 0.3) is 5.91 Å². The standard InChI is InChI=1S/C27H31FN4O4/c1-5-30(3)10-7-11-31-25(34)27(2)15-19-18-13-22(36-4)20(28)14-21(18)29-23(19)24(32(27)26(31)35)16-8-6-9-17(33)12-16/h6,8-9,12-14,24,29,33H,5,7,10-11,15H2,1-4H3/t24-,27+/m1/s1. The van der Waals surface area contributed by atoms with Crippen molar-refractivity contribution in [2.24, 2.45) is 0 Å². The van der Waals surface area contributed by atoms with E-state index in [0.29, 0.717) is 29.7 Å². The molecule has 3 amide bonds. The maximum Gasteiger partial charge on any atom is 0.328 e. The highest BCUT2D eigenvalue weighted by Gasteiger charge is 2.60. The number of aromatic amines is 1. The van der Waals surface area contributed by atoms with Crippen LogP contribution in [0.25, 0.3) is 10.9 Å². The minimum absolute atomic E-state index is 0.0579. The third-order valence-electron chi connectivity index (χ3n) is 7.59. The van der Waals surface area contributed by atoms with Gasteiger partial charge in [0, 0.05) is 35.6 Å². The molecule has 1 saturated heterocycles. The van der Waals surface area contributed by atoms with Crippen LogP contribution >= 0.6 is 0 Å². The number of carbonyl (C=O) groups is 2. The number of hydrogen-bond donors (Lipinski definition) is 2. The van der Waals surface area contributed by atoms with Gasteiger partial charge in [0.1, 0.15) is 17.3 Å². The Labute approximate surface area is 209 Å². The fraction of sp³-hybridized carbons (Fsp3) is 0.407. The number of aromatic hydroxyl groups is 1. The Balaban J connectivity index is 1.64. The zero-order chi connectivity index (χ0) is 25.8. The third kappa shape index (κ3) is 3.61. The molecule has 1 fully saturated rings. The summed E-state index contributed by atoms with van der Waals surface area (Å²) >= 11 is 0. The van der Waals surface area contributed by atoms with Gasteiger partial charge in [0.05, 0.1) is 7.11 Å². The Morgan fingerprint density at radius 2 is 2.06 bits per heavy atom. The van der Waals surface area contributed by atoms with E-state index in [-0.39, 0.29) is 29.9 Å². The molecule has 3 aromatic rings. The maximum atomic E-state index is 14.5. The zero-order valence-corrected chi connectivity index (χ0v) is 21.0. The molecule has 0 saturated carbocycles. The third-order valence-corrected chi connectivity index (χ3v) is 7.59. The predicted molar refractivity (Wildman–Crippen MR) is 134 cm³/mol. The Kier molecular flexibility index (Phi) is 5.90. The summed E-state index contributed by atoms with van der Waals surface area (Å²) in [5, 5.41) is 11.0. The first-order chi connectivity index (χ1) is 17.2. The lowest BCUT2D eigenvalue weighted by Gasteiger charge is -2.42. The minimum atomic E-state index is -1.13. The van der Waals surface area contributed by atoms with Crippen LogP contribution in [0.2, 0.25) is 0 Å². The highest BCUT2D eigenvalue weighted by atomic mass is 19.1. The van der Waals surface area contributed by atoms with Crippen molar-refractivity contribution in [1.29, 1.82) is 0 Å². The number of H-pyrrole nitrogens is 1. The van der Waals surface area contributed by atoms with E-state index in [1.54, 1.807) is 36.1 Å². The Morgan fingerprint density at radius 3 is 2.75 bits per heavy atom. The van der Waals surface area contributed by atoms with Gasteiger partial charge in [-0.25, -0.2) is 9.18 Å². The number of benzene rings is 2. The van der Waals surface area contributed by atoms with Gasteiger partial charge in [-0.2, -0.15) is 0 Å². The number of hydrogen-bond acceptors (Lipinski definition) is 5. The van der Waals surface area contributed by atoms with Crippen LogP contribution in [0.15, 0.2) is 36.4 Å². The number of phenolic OH excluding ortho intramolecular Hbond substituents is 1. The number of aromatic nitrogens is 1. The summed E-state index contributed by atoms with van der Waals surface area (Å²) in [6.07, 6.45) is 0.954. The number of ether oxygens (including phenoxy) is 1. The van der Waals surface area contributed by atoms with Crippen molar-refractivity contribution in [3.05, 3.63) is 59.0 Å². The number of urea groups is 1. The van der Waals surface area contributed by atoms with Crippen molar-refractivity contribution in [3.8, 4) is 11.5 Å². The average molecular weight is 495 g/mol. The summed E-state index contributed by atoms with van der Waals surface area (Å²) in [5.41, 5.74) is 1.63. The molecule has 0 radical (unpaired) electrons. The number of nitrogens with zero attached hydrogens (tertiary/aromatic N) is 3. The van der Waals surface area contributed by atoms with Gasteiger partial charge >= 0.3 is 6.03 Å². The molecule has 0 bridgehead atoms. The molecule has 190 valence electrons. The molecule has 2 aromatic carbocycles. The number of carbonyl (C=O) groups excluding carboxylic acids is 2. The summed E-state index contributed by atoms with van der Waals surface area (Å²) in [7, 11) is 3.42. The largest absolute Gasteiger partial charge is 0.508 e. The summed E-state index contributed by atoms with van der Waals surface area (Å²) < 4.78 is 19.7. The first kappa shape index (κ1) is 24.1. The van der Waals surface area contributed by atoms with Gasteiger partial charge in [-0.05, 0) is 62.8 Å². The molecule has 8 nitrogen and oxygen atoms in total. The molecule has 2 atom stereocenters. The molecular formula is C27H31FN4O4. The average Bonchev–Trinajstić information content (AvgIpc) is 3.28. The van der Waals surface area contributed by atoms with Crippen molar-refractivity contribution < 1.29 is 23.8 Å². The lowest BCUT2D eigenvalue weighted by Crippen LogP contribution is -2.53. The van der Waals surface area contributed by atoms with Crippen LogP contribution in [-0.4, -0.2) is 76.1 Å². The fourth-order valence-corrected chi connectivity index (χ4v) is 5.57. The lowest BCUT2D eigenvalue weighted by molar-refractivity contribution is -0.133. The molecule has 0 spiro atoms. The first-order valence-electron chi connectivity index (χ1n) is 12.2. The zero-order valence-electron chi connectivity index (χ0n) is 21.0. The minimum Gasteiger partial charge on any atom is -0.508 e. The van der Waals surface area contributed by atoms with Gasteiger partial charge < -0.3 is 19.7 Å². The SMILES string of the molecule is CCN(C)CCCN1C(=O)N2[C@H](c3cccc(O)c3)c3[nH]c4cc(F)c(OC)cc4c3C[C@@]2(C)C1=O. The van der Waals surface area contributed by atoms with Crippen molar-refractivity contribution >= 4 is 22.8 Å². The number of halogens is 1. The molecule has 3 heterocycles. The van der Waals surface area contributed by atoms with Gasteiger partial charge in [0.2, 0.25) is 0 Å². The molecule has 36 heavy (non-hydrogen) atoms. The van der Waals surface area contributed by atoms with Crippen LogP contribution in [-0.2, 0) is 11.2 Å². The number of rotatable bonds is 7. The van der Waals surface area contributed by atoms with Crippen molar-refractivity contribution in [1.82, 2.24) is 19.7 Å². The van der Waals surface area contributed by atoms with E-state index >= 15 is 0 Å². The van der Waals surface area contributed by atoms with Crippen LogP contribution in [0, 0.1) is 5.82 Å². The lowest BCUT2D eigenvalue weighted by atomic mass is 9.81. The topological polar surface area (TPSA) is 89.1 Å². The maximum absolute atomic E-state index is 14.5. The van der Waals surface area contributed by atoms with Crippen LogP contribution < -0.4 is 4.74 Å². The molecule has 2 aliphatic rings. The number of fused-ring (bicyclic) bond motifs is 4. The molecule has 0 unspecified atom stereocenters. The van der Waals surface area contributed by atoms with E-state index < -0.39 is 17.4 Å².